The number of nitrogens with zero attached hydrogens (tertiary/aromatic N) is 2. The van der Waals surface area contributed by atoms with Gasteiger partial charge in [0, 0.05) is 13.1 Å². The second-order valence-corrected chi connectivity index (χ2v) is 5.13. The highest BCUT2D eigenvalue weighted by atomic mass is 16.4. The van der Waals surface area contributed by atoms with Gasteiger partial charge in [-0.2, -0.15) is 0 Å². The zero-order valence-electron chi connectivity index (χ0n) is 11.0. The van der Waals surface area contributed by atoms with Crippen molar-refractivity contribution in [2.24, 2.45) is 5.92 Å². The predicted molar refractivity (Wildman–Crippen MR) is 71.0 cm³/mol. The molecule has 2 atom stereocenters. The second kappa shape index (κ2) is 5.38. The molecule has 1 fully saturated rings. The first kappa shape index (κ1) is 12.9. The van der Waals surface area contributed by atoms with Crippen molar-refractivity contribution in [2.75, 3.05) is 11.9 Å². The van der Waals surface area contributed by atoms with Crippen molar-refractivity contribution in [3.05, 3.63) is 23.9 Å². The van der Waals surface area contributed by atoms with Crippen LogP contribution in [0.15, 0.2) is 18.2 Å². The van der Waals surface area contributed by atoms with Crippen LogP contribution in [-0.4, -0.2) is 29.1 Å². The highest BCUT2D eigenvalue weighted by Crippen LogP contribution is 2.29. The molecule has 0 aromatic carbocycles. The fourth-order valence-corrected chi connectivity index (χ4v) is 2.78. The van der Waals surface area contributed by atoms with E-state index in [0.717, 1.165) is 12.2 Å². The topological polar surface area (TPSA) is 53.4 Å². The van der Waals surface area contributed by atoms with Gasteiger partial charge in [0.15, 0.2) is 5.69 Å². The van der Waals surface area contributed by atoms with Crippen LogP contribution in [0.4, 0.5) is 5.82 Å². The first-order valence-electron chi connectivity index (χ1n) is 6.53. The maximum Gasteiger partial charge on any atom is 0.354 e. The lowest BCUT2D eigenvalue weighted by Gasteiger charge is -2.37. The number of carboxylic acids is 1. The van der Waals surface area contributed by atoms with Crippen molar-refractivity contribution >= 4 is 11.8 Å². The Morgan fingerprint density at radius 2 is 2.11 bits per heavy atom. The first-order valence-corrected chi connectivity index (χ1v) is 6.53. The molecule has 1 aliphatic carbocycles. The molecule has 1 aliphatic rings. The van der Waals surface area contributed by atoms with E-state index in [9.17, 15) is 4.79 Å². The molecule has 0 aliphatic heterocycles. The van der Waals surface area contributed by atoms with E-state index in [1.807, 2.05) is 13.1 Å². The van der Waals surface area contributed by atoms with E-state index >= 15 is 0 Å². The Bertz CT molecular complexity index is 434. The van der Waals surface area contributed by atoms with Gasteiger partial charge in [-0.25, -0.2) is 9.78 Å². The van der Waals surface area contributed by atoms with Crippen molar-refractivity contribution < 1.29 is 9.90 Å². The summed E-state index contributed by atoms with van der Waals surface area (Å²) < 4.78 is 0. The zero-order valence-corrected chi connectivity index (χ0v) is 11.0. The summed E-state index contributed by atoms with van der Waals surface area (Å²) in [6.45, 7) is 2.27. The number of aromatic nitrogens is 1. The molecule has 0 amide bonds. The van der Waals surface area contributed by atoms with Gasteiger partial charge in [0.05, 0.1) is 0 Å². The van der Waals surface area contributed by atoms with E-state index in [4.69, 9.17) is 5.11 Å². The van der Waals surface area contributed by atoms with Gasteiger partial charge in [-0.1, -0.05) is 25.8 Å². The van der Waals surface area contributed by atoms with E-state index in [2.05, 4.69) is 16.8 Å². The summed E-state index contributed by atoms with van der Waals surface area (Å²) in [6.07, 6.45) is 4.95. The van der Waals surface area contributed by atoms with E-state index in [-0.39, 0.29) is 5.69 Å². The Balaban J connectivity index is 2.19. The number of carboxylic acid groups (broad SMARTS) is 1. The Morgan fingerprint density at radius 3 is 2.78 bits per heavy atom. The maximum absolute atomic E-state index is 10.9. The van der Waals surface area contributed by atoms with Gasteiger partial charge in [-0.05, 0) is 30.9 Å². The monoisotopic (exact) mass is 248 g/mol. The van der Waals surface area contributed by atoms with Crippen LogP contribution in [0.5, 0.6) is 0 Å². The van der Waals surface area contributed by atoms with Crippen LogP contribution < -0.4 is 4.90 Å². The fourth-order valence-electron chi connectivity index (χ4n) is 2.78. The summed E-state index contributed by atoms with van der Waals surface area (Å²) in [5.74, 6) is 0.426. The van der Waals surface area contributed by atoms with Gasteiger partial charge in [-0.3, -0.25) is 0 Å². The number of carbonyl (C=O) groups is 1. The molecule has 18 heavy (non-hydrogen) atoms. The van der Waals surface area contributed by atoms with Crippen molar-refractivity contribution in [1.82, 2.24) is 4.98 Å². The lowest BCUT2D eigenvalue weighted by molar-refractivity contribution is 0.0690. The Labute approximate surface area is 108 Å². The van der Waals surface area contributed by atoms with Crippen molar-refractivity contribution in [1.29, 1.82) is 0 Å². The average Bonchev–Trinajstić information content (AvgIpc) is 2.38. The van der Waals surface area contributed by atoms with Crippen LogP contribution in [-0.2, 0) is 0 Å². The third kappa shape index (κ3) is 2.63. The summed E-state index contributed by atoms with van der Waals surface area (Å²) >= 11 is 0. The van der Waals surface area contributed by atoms with Crippen LogP contribution in [0.3, 0.4) is 0 Å². The first-order chi connectivity index (χ1) is 8.59. The third-order valence-corrected chi connectivity index (χ3v) is 3.88. The number of hydrogen-bond acceptors (Lipinski definition) is 3. The quantitative estimate of drug-likeness (QED) is 0.893. The van der Waals surface area contributed by atoms with E-state index in [1.54, 1.807) is 6.07 Å². The number of aromatic carboxylic acids is 1. The van der Waals surface area contributed by atoms with Crippen molar-refractivity contribution in [2.45, 2.75) is 38.6 Å². The van der Waals surface area contributed by atoms with E-state index in [1.165, 1.54) is 25.3 Å². The molecule has 4 nitrogen and oxygen atoms in total. The van der Waals surface area contributed by atoms with Crippen LogP contribution in [0, 0.1) is 5.92 Å². The van der Waals surface area contributed by atoms with Crippen LogP contribution in [0.2, 0.25) is 0 Å². The lowest BCUT2D eigenvalue weighted by Crippen LogP contribution is -2.39. The maximum atomic E-state index is 10.9. The highest BCUT2D eigenvalue weighted by Gasteiger charge is 2.25. The fraction of sp³-hybridized carbons (Fsp3) is 0.571. The molecule has 1 aromatic heterocycles. The molecule has 0 saturated heterocycles. The second-order valence-electron chi connectivity index (χ2n) is 5.13. The molecule has 0 spiro atoms. The number of anilines is 1. The van der Waals surface area contributed by atoms with Gasteiger partial charge in [-0.15, -0.1) is 0 Å². The molecular formula is C14H20N2O2. The van der Waals surface area contributed by atoms with Gasteiger partial charge < -0.3 is 10.0 Å². The van der Waals surface area contributed by atoms with Gasteiger partial charge in [0.1, 0.15) is 5.82 Å². The van der Waals surface area contributed by atoms with Gasteiger partial charge >= 0.3 is 5.97 Å². The van der Waals surface area contributed by atoms with Crippen molar-refractivity contribution in [3.8, 4) is 0 Å². The Hall–Kier alpha value is -1.58. The van der Waals surface area contributed by atoms with Crippen molar-refractivity contribution in [3.63, 3.8) is 0 Å². The molecule has 1 saturated carbocycles. The van der Waals surface area contributed by atoms with E-state index in [0.29, 0.717) is 12.0 Å². The normalized spacial score (nSPS) is 23.7. The molecule has 0 bridgehead atoms. The molecule has 4 heteroatoms. The summed E-state index contributed by atoms with van der Waals surface area (Å²) in [4.78, 5) is 17.3. The summed E-state index contributed by atoms with van der Waals surface area (Å²) in [5, 5.41) is 8.97. The minimum atomic E-state index is -0.970. The number of rotatable bonds is 3. The van der Waals surface area contributed by atoms with Gasteiger partial charge in [0.2, 0.25) is 0 Å². The number of pyridine rings is 1. The summed E-state index contributed by atoms with van der Waals surface area (Å²) in [6, 6.07) is 5.64. The summed E-state index contributed by atoms with van der Waals surface area (Å²) in [7, 11) is 2.01. The molecule has 2 rings (SSSR count). The molecule has 2 unspecified atom stereocenters. The Morgan fingerprint density at radius 1 is 1.39 bits per heavy atom. The molecule has 1 N–H and O–H groups in total. The minimum Gasteiger partial charge on any atom is -0.477 e. The smallest absolute Gasteiger partial charge is 0.354 e. The molecule has 1 aromatic rings. The average molecular weight is 248 g/mol. The lowest BCUT2D eigenvalue weighted by atomic mass is 9.85. The predicted octanol–water partition coefficient (Wildman–Crippen LogP) is 2.79. The van der Waals surface area contributed by atoms with Crippen LogP contribution in [0.25, 0.3) is 0 Å². The SMILES string of the molecule is CC1CCCCC1N(C)c1cccc(C(=O)O)n1. The standard InChI is InChI=1S/C14H20N2O2/c1-10-6-3-4-8-12(10)16(2)13-9-5-7-11(15-13)14(17)18/h5,7,9-10,12H,3-4,6,8H2,1-2H3,(H,17,18). The van der Waals surface area contributed by atoms with E-state index < -0.39 is 5.97 Å². The molecule has 0 radical (unpaired) electrons. The summed E-state index contributed by atoms with van der Waals surface area (Å²) in [5.41, 5.74) is 0.114. The largest absolute Gasteiger partial charge is 0.477 e. The minimum absolute atomic E-state index is 0.114. The van der Waals surface area contributed by atoms with Gasteiger partial charge in [0.25, 0.3) is 0 Å². The zero-order chi connectivity index (χ0) is 13.1. The molecular weight excluding hydrogens is 228 g/mol. The highest BCUT2D eigenvalue weighted by molar-refractivity contribution is 5.85. The molecule has 98 valence electrons. The van der Waals surface area contributed by atoms with Crippen LogP contribution >= 0.6 is 0 Å². The van der Waals surface area contributed by atoms with Crippen LogP contribution in [0.1, 0.15) is 43.1 Å². The third-order valence-electron chi connectivity index (χ3n) is 3.88. The number of hydrogen-bond donors (Lipinski definition) is 1. The molecule has 1 heterocycles. The Kier molecular flexibility index (Phi) is 3.84.